The van der Waals surface area contributed by atoms with Crippen molar-refractivity contribution in [2.45, 2.75) is 38.6 Å². The van der Waals surface area contributed by atoms with Crippen LogP contribution >= 0.6 is 0 Å². The summed E-state index contributed by atoms with van der Waals surface area (Å²) in [4.78, 5) is 24.7. The van der Waals surface area contributed by atoms with E-state index in [2.05, 4.69) is 12.2 Å². The van der Waals surface area contributed by atoms with Crippen LogP contribution in [0.1, 0.15) is 32.6 Å². The van der Waals surface area contributed by atoms with Gasteiger partial charge in [0.15, 0.2) is 0 Å². The Morgan fingerprint density at radius 3 is 2.78 bits per heavy atom. The van der Waals surface area contributed by atoms with Gasteiger partial charge in [-0.25, -0.2) is 0 Å². The number of nitrogens with one attached hydrogen (secondary N) is 1. The van der Waals surface area contributed by atoms with Crippen LogP contribution in [-0.4, -0.2) is 47.6 Å². The van der Waals surface area contributed by atoms with Crippen molar-refractivity contribution in [3.05, 3.63) is 0 Å². The predicted molar refractivity (Wildman–Crippen MR) is 67.1 cm³/mol. The Balaban J connectivity index is 1.81. The van der Waals surface area contributed by atoms with Crippen molar-refractivity contribution < 1.29 is 14.7 Å². The highest BCUT2D eigenvalue weighted by Crippen LogP contribution is 2.24. The maximum absolute atomic E-state index is 12.3. The first-order valence-corrected chi connectivity index (χ1v) is 6.82. The quantitative estimate of drug-likeness (QED) is 0.774. The van der Waals surface area contributed by atoms with Gasteiger partial charge in [0.05, 0.1) is 6.04 Å². The van der Waals surface area contributed by atoms with E-state index in [1.807, 2.05) is 4.90 Å². The van der Waals surface area contributed by atoms with Gasteiger partial charge in [0.25, 0.3) is 0 Å². The molecule has 2 aliphatic heterocycles. The molecule has 2 N–H and O–H groups in total. The number of hydrogen-bond donors (Lipinski definition) is 2. The number of carbonyl (C=O) groups excluding carboxylic acids is 1. The van der Waals surface area contributed by atoms with E-state index in [-0.39, 0.29) is 18.4 Å². The van der Waals surface area contributed by atoms with E-state index in [1.54, 1.807) is 0 Å². The smallest absolute Gasteiger partial charge is 0.303 e. The molecule has 0 aliphatic carbocycles. The first-order valence-electron chi connectivity index (χ1n) is 6.82. The second-order valence-corrected chi connectivity index (χ2v) is 5.57. The number of carboxylic acids is 1. The lowest BCUT2D eigenvalue weighted by molar-refractivity contribution is -0.137. The van der Waals surface area contributed by atoms with E-state index in [0.717, 1.165) is 32.5 Å². The molecule has 0 aromatic carbocycles. The number of hydrogen-bond acceptors (Lipinski definition) is 3. The molecule has 5 heteroatoms. The lowest BCUT2D eigenvalue weighted by Crippen LogP contribution is -2.45. The number of carbonyl (C=O) groups is 2. The van der Waals surface area contributed by atoms with Crippen molar-refractivity contribution in [1.82, 2.24) is 10.2 Å². The van der Waals surface area contributed by atoms with Gasteiger partial charge in [0.1, 0.15) is 0 Å². The Bertz CT molecular complexity index is 332. The van der Waals surface area contributed by atoms with Gasteiger partial charge in [-0.3, -0.25) is 9.59 Å². The van der Waals surface area contributed by atoms with Crippen molar-refractivity contribution in [1.29, 1.82) is 0 Å². The van der Waals surface area contributed by atoms with E-state index in [9.17, 15) is 9.59 Å². The van der Waals surface area contributed by atoms with Crippen LogP contribution in [0.15, 0.2) is 0 Å². The largest absolute Gasteiger partial charge is 0.481 e. The van der Waals surface area contributed by atoms with Crippen molar-refractivity contribution in [3.8, 4) is 0 Å². The topological polar surface area (TPSA) is 69.6 Å². The second-order valence-electron chi connectivity index (χ2n) is 5.57. The first kappa shape index (κ1) is 13.3. The van der Waals surface area contributed by atoms with Crippen molar-refractivity contribution in [3.63, 3.8) is 0 Å². The fourth-order valence-electron chi connectivity index (χ4n) is 2.96. The number of amides is 1. The van der Waals surface area contributed by atoms with Gasteiger partial charge in [0.2, 0.25) is 5.91 Å². The van der Waals surface area contributed by atoms with E-state index in [1.165, 1.54) is 0 Å². The Labute approximate surface area is 108 Å². The Kier molecular flexibility index (Phi) is 4.22. The highest BCUT2D eigenvalue weighted by atomic mass is 16.4. The lowest BCUT2D eigenvalue weighted by Gasteiger charge is -2.23. The normalized spacial score (nSPS) is 31.8. The van der Waals surface area contributed by atoms with E-state index >= 15 is 0 Å². The minimum absolute atomic E-state index is 0.0248. The third-order valence-corrected chi connectivity index (χ3v) is 4.16. The van der Waals surface area contributed by atoms with Gasteiger partial charge < -0.3 is 15.3 Å². The molecule has 5 nitrogen and oxygen atoms in total. The SMILES string of the molecule is CC1CCNC1C(=O)N1CCC(CCC(=O)O)C1. The zero-order valence-electron chi connectivity index (χ0n) is 10.9. The Morgan fingerprint density at radius 1 is 1.39 bits per heavy atom. The molecule has 3 unspecified atom stereocenters. The molecular weight excluding hydrogens is 232 g/mol. The highest BCUT2D eigenvalue weighted by molar-refractivity contribution is 5.82. The molecule has 18 heavy (non-hydrogen) atoms. The monoisotopic (exact) mass is 254 g/mol. The minimum Gasteiger partial charge on any atom is -0.481 e. The summed E-state index contributed by atoms with van der Waals surface area (Å²) in [5.74, 6) is 0.237. The van der Waals surface area contributed by atoms with Crippen LogP contribution in [0, 0.1) is 11.8 Å². The molecule has 0 aromatic heterocycles. The summed E-state index contributed by atoms with van der Waals surface area (Å²) in [6.45, 7) is 4.55. The van der Waals surface area contributed by atoms with Crippen molar-refractivity contribution in [2.75, 3.05) is 19.6 Å². The number of nitrogens with zero attached hydrogens (tertiary/aromatic N) is 1. The predicted octanol–water partition coefficient (Wildman–Crippen LogP) is 0.698. The van der Waals surface area contributed by atoms with E-state index in [0.29, 0.717) is 18.3 Å². The van der Waals surface area contributed by atoms with Crippen LogP contribution in [0.5, 0.6) is 0 Å². The molecule has 2 fully saturated rings. The van der Waals surface area contributed by atoms with Crippen LogP contribution in [0.2, 0.25) is 0 Å². The molecule has 2 heterocycles. The Morgan fingerprint density at radius 2 is 2.17 bits per heavy atom. The molecule has 2 rings (SSSR count). The van der Waals surface area contributed by atoms with E-state index in [4.69, 9.17) is 5.11 Å². The van der Waals surface area contributed by atoms with Gasteiger partial charge in [-0.1, -0.05) is 6.92 Å². The van der Waals surface area contributed by atoms with Crippen molar-refractivity contribution >= 4 is 11.9 Å². The number of rotatable bonds is 4. The zero-order valence-corrected chi connectivity index (χ0v) is 10.9. The summed E-state index contributed by atoms with van der Waals surface area (Å²) in [6.07, 6.45) is 2.91. The molecule has 0 saturated carbocycles. The minimum atomic E-state index is -0.745. The fourth-order valence-corrected chi connectivity index (χ4v) is 2.96. The highest BCUT2D eigenvalue weighted by Gasteiger charge is 2.35. The van der Waals surface area contributed by atoms with Crippen LogP contribution < -0.4 is 5.32 Å². The second kappa shape index (κ2) is 5.69. The van der Waals surface area contributed by atoms with Gasteiger partial charge >= 0.3 is 5.97 Å². The molecule has 102 valence electrons. The molecule has 2 aliphatic rings. The van der Waals surface area contributed by atoms with Gasteiger partial charge in [-0.05, 0) is 37.6 Å². The number of likely N-dealkylation sites (tertiary alicyclic amines) is 1. The molecule has 0 bridgehead atoms. The summed E-state index contributed by atoms with van der Waals surface area (Å²) in [6, 6.07) is -0.0248. The summed E-state index contributed by atoms with van der Waals surface area (Å²) in [5.41, 5.74) is 0. The van der Waals surface area contributed by atoms with Crippen LogP contribution in [-0.2, 0) is 9.59 Å². The van der Waals surface area contributed by atoms with Crippen molar-refractivity contribution in [2.24, 2.45) is 11.8 Å². The molecule has 0 spiro atoms. The van der Waals surface area contributed by atoms with Crippen LogP contribution in [0.4, 0.5) is 0 Å². The number of aliphatic carboxylic acids is 1. The first-order chi connectivity index (χ1) is 8.58. The summed E-state index contributed by atoms with van der Waals surface area (Å²) >= 11 is 0. The standard InChI is InChI=1S/C13H22N2O3/c1-9-4-6-14-12(9)13(18)15-7-5-10(8-15)2-3-11(16)17/h9-10,12,14H,2-8H2,1H3,(H,16,17). The summed E-state index contributed by atoms with van der Waals surface area (Å²) in [7, 11) is 0. The molecule has 0 aromatic rings. The van der Waals surface area contributed by atoms with Gasteiger partial charge in [-0.2, -0.15) is 0 Å². The molecule has 2 saturated heterocycles. The average Bonchev–Trinajstić information content (AvgIpc) is 2.94. The maximum atomic E-state index is 12.3. The zero-order chi connectivity index (χ0) is 13.1. The average molecular weight is 254 g/mol. The third kappa shape index (κ3) is 3.02. The van der Waals surface area contributed by atoms with E-state index < -0.39 is 5.97 Å². The molecule has 1 amide bonds. The molecule has 0 radical (unpaired) electrons. The van der Waals surface area contributed by atoms with Gasteiger partial charge in [-0.15, -0.1) is 0 Å². The summed E-state index contributed by atoms with van der Waals surface area (Å²) < 4.78 is 0. The fraction of sp³-hybridized carbons (Fsp3) is 0.846. The Hall–Kier alpha value is -1.10. The third-order valence-electron chi connectivity index (χ3n) is 4.16. The molecular formula is C13H22N2O3. The van der Waals surface area contributed by atoms with Crippen LogP contribution in [0.3, 0.4) is 0 Å². The van der Waals surface area contributed by atoms with Gasteiger partial charge in [0, 0.05) is 19.5 Å². The lowest BCUT2D eigenvalue weighted by atomic mass is 10.0. The van der Waals surface area contributed by atoms with Crippen LogP contribution in [0.25, 0.3) is 0 Å². The molecule has 3 atom stereocenters. The maximum Gasteiger partial charge on any atom is 0.303 e. The summed E-state index contributed by atoms with van der Waals surface area (Å²) in [5, 5.41) is 11.9. The number of carboxylic acid groups (broad SMARTS) is 1.